The van der Waals surface area contributed by atoms with Crippen molar-refractivity contribution in [2.24, 2.45) is 11.1 Å². The second kappa shape index (κ2) is 5.77. The van der Waals surface area contributed by atoms with Gasteiger partial charge in [-0.3, -0.25) is 10.1 Å². The molecule has 0 spiro atoms. The lowest BCUT2D eigenvalue weighted by molar-refractivity contribution is -0.384. The van der Waals surface area contributed by atoms with Crippen LogP contribution in [0.4, 0.5) is 5.69 Å². The molecule has 2 aromatic carbocycles. The summed E-state index contributed by atoms with van der Waals surface area (Å²) in [6, 6.07) is 13.7. The van der Waals surface area contributed by atoms with Crippen molar-refractivity contribution >= 4 is 23.0 Å². The number of nitro benzene ring substituents is 1. The molecule has 1 N–H and O–H groups in total. The van der Waals surface area contributed by atoms with Crippen LogP contribution in [0.1, 0.15) is 23.5 Å². The maximum absolute atomic E-state index is 10.7. The standard InChI is InChI=1S/C16H13ClN2O3/c17-12-5-1-10(2-6-12)14-9-15(14)16(18-20)11-3-7-13(8-4-11)19(21)22/h1-8,14-15,20H,9H2/b18-16+. The molecule has 5 nitrogen and oxygen atoms in total. The van der Waals surface area contributed by atoms with Gasteiger partial charge < -0.3 is 5.21 Å². The second-order valence-electron chi connectivity index (χ2n) is 5.29. The lowest BCUT2D eigenvalue weighted by Crippen LogP contribution is -2.05. The summed E-state index contributed by atoms with van der Waals surface area (Å²) in [4.78, 5) is 10.2. The van der Waals surface area contributed by atoms with E-state index >= 15 is 0 Å². The lowest BCUT2D eigenvalue weighted by Gasteiger charge is -2.05. The number of halogens is 1. The van der Waals surface area contributed by atoms with E-state index in [1.807, 2.05) is 24.3 Å². The Hall–Kier alpha value is -2.40. The number of hydrogen-bond acceptors (Lipinski definition) is 4. The number of nitrogens with zero attached hydrogens (tertiary/aromatic N) is 2. The Labute approximate surface area is 132 Å². The van der Waals surface area contributed by atoms with Gasteiger partial charge in [0, 0.05) is 28.6 Å². The molecule has 3 rings (SSSR count). The summed E-state index contributed by atoms with van der Waals surface area (Å²) in [6.45, 7) is 0. The van der Waals surface area contributed by atoms with Gasteiger partial charge in [-0.05, 0) is 42.2 Å². The number of benzene rings is 2. The molecule has 1 aliphatic carbocycles. The lowest BCUT2D eigenvalue weighted by atomic mass is 10.0. The predicted octanol–water partition coefficient (Wildman–Crippen LogP) is 4.23. The van der Waals surface area contributed by atoms with Crippen LogP contribution < -0.4 is 0 Å². The fraction of sp³-hybridized carbons (Fsp3) is 0.188. The molecule has 1 aliphatic rings. The van der Waals surface area contributed by atoms with Crippen LogP contribution in [0.5, 0.6) is 0 Å². The smallest absolute Gasteiger partial charge is 0.269 e. The van der Waals surface area contributed by atoms with E-state index in [-0.39, 0.29) is 11.6 Å². The van der Waals surface area contributed by atoms with E-state index in [2.05, 4.69) is 5.16 Å². The summed E-state index contributed by atoms with van der Waals surface area (Å²) in [5.74, 6) is 0.408. The van der Waals surface area contributed by atoms with E-state index in [0.717, 1.165) is 12.0 Å². The number of oxime groups is 1. The molecular weight excluding hydrogens is 304 g/mol. The van der Waals surface area contributed by atoms with Crippen LogP contribution in [0.2, 0.25) is 5.02 Å². The molecule has 0 heterocycles. The van der Waals surface area contributed by atoms with Crippen molar-refractivity contribution in [3.05, 3.63) is 74.8 Å². The first kappa shape index (κ1) is 14.5. The summed E-state index contributed by atoms with van der Waals surface area (Å²) in [5.41, 5.74) is 2.44. The molecule has 112 valence electrons. The molecule has 2 unspecified atom stereocenters. The minimum atomic E-state index is -0.451. The van der Waals surface area contributed by atoms with E-state index in [1.54, 1.807) is 12.1 Å². The molecule has 0 amide bonds. The highest BCUT2D eigenvalue weighted by Gasteiger charge is 2.43. The van der Waals surface area contributed by atoms with Crippen LogP contribution in [0.15, 0.2) is 53.7 Å². The third-order valence-electron chi connectivity index (χ3n) is 3.92. The normalized spacial score (nSPS) is 20.7. The van der Waals surface area contributed by atoms with Crippen LogP contribution in [0.3, 0.4) is 0 Å². The zero-order chi connectivity index (χ0) is 15.7. The van der Waals surface area contributed by atoms with Gasteiger partial charge in [0.25, 0.3) is 5.69 Å². The van der Waals surface area contributed by atoms with Gasteiger partial charge in [-0.25, -0.2) is 0 Å². The zero-order valence-corrected chi connectivity index (χ0v) is 12.3. The Bertz CT molecular complexity index is 726. The van der Waals surface area contributed by atoms with Crippen molar-refractivity contribution in [1.29, 1.82) is 0 Å². The third kappa shape index (κ3) is 2.80. The van der Waals surface area contributed by atoms with Crippen molar-refractivity contribution in [3.8, 4) is 0 Å². The number of rotatable bonds is 4. The van der Waals surface area contributed by atoms with E-state index in [4.69, 9.17) is 11.6 Å². The predicted molar refractivity (Wildman–Crippen MR) is 83.7 cm³/mol. The molecule has 22 heavy (non-hydrogen) atoms. The minimum absolute atomic E-state index is 0.0195. The number of hydrogen-bond donors (Lipinski definition) is 1. The van der Waals surface area contributed by atoms with E-state index in [1.165, 1.54) is 12.1 Å². The highest BCUT2D eigenvalue weighted by molar-refractivity contribution is 6.30. The van der Waals surface area contributed by atoms with Gasteiger partial charge >= 0.3 is 0 Å². The van der Waals surface area contributed by atoms with E-state index < -0.39 is 4.92 Å². The van der Waals surface area contributed by atoms with Crippen molar-refractivity contribution < 1.29 is 10.1 Å². The molecular formula is C16H13ClN2O3. The molecule has 0 aliphatic heterocycles. The fourth-order valence-corrected chi connectivity index (χ4v) is 2.80. The fourth-order valence-electron chi connectivity index (χ4n) is 2.68. The molecule has 0 bridgehead atoms. The molecule has 1 fully saturated rings. The Morgan fingerprint density at radius 2 is 1.82 bits per heavy atom. The van der Waals surface area contributed by atoms with Gasteiger partial charge in [-0.15, -0.1) is 0 Å². The highest BCUT2D eigenvalue weighted by Crippen LogP contribution is 2.49. The van der Waals surface area contributed by atoms with Gasteiger partial charge in [0.2, 0.25) is 0 Å². The topological polar surface area (TPSA) is 75.7 Å². The van der Waals surface area contributed by atoms with Crippen molar-refractivity contribution in [2.45, 2.75) is 12.3 Å². The van der Waals surface area contributed by atoms with Crippen LogP contribution in [0, 0.1) is 16.0 Å². The Balaban J connectivity index is 1.79. The van der Waals surface area contributed by atoms with E-state index in [0.29, 0.717) is 22.2 Å². The Morgan fingerprint density at radius 1 is 1.18 bits per heavy atom. The first-order chi connectivity index (χ1) is 10.6. The largest absolute Gasteiger partial charge is 0.411 e. The van der Waals surface area contributed by atoms with Gasteiger partial charge in [0.1, 0.15) is 0 Å². The van der Waals surface area contributed by atoms with Crippen LogP contribution in [-0.2, 0) is 0 Å². The number of nitro groups is 1. The van der Waals surface area contributed by atoms with Crippen molar-refractivity contribution in [3.63, 3.8) is 0 Å². The number of non-ortho nitro benzene ring substituents is 1. The Kier molecular flexibility index (Phi) is 3.81. The average molecular weight is 317 g/mol. The van der Waals surface area contributed by atoms with E-state index in [9.17, 15) is 15.3 Å². The summed E-state index contributed by atoms with van der Waals surface area (Å²) in [6.07, 6.45) is 0.887. The highest BCUT2D eigenvalue weighted by atomic mass is 35.5. The molecule has 2 aromatic rings. The molecule has 0 saturated heterocycles. The average Bonchev–Trinajstić information content (AvgIpc) is 3.30. The maximum atomic E-state index is 10.7. The van der Waals surface area contributed by atoms with Gasteiger partial charge in [-0.2, -0.15) is 0 Å². The minimum Gasteiger partial charge on any atom is -0.411 e. The second-order valence-corrected chi connectivity index (χ2v) is 5.73. The molecule has 0 aromatic heterocycles. The van der Waals surface area contributed by atoms with Crippen LogP contribution in [-0.4, -0.2) is 15.8 Å². The first-order valence-electron chi connectivity index (χ1n) is 6.82. The molecule has 6 heteroatoms. The Morgan fingerprint density at radius 3 is 2.36 bits per heavy atom. The summed E-state index contributed by atoms with van der Waals surface area (Å²) in [7, 11) is 0. The third-order valence-corrected chi connectivity index (χ3v) is 4.17. The van der Waals surface area contributed by atoms with Gasteiger partial charge in [-0.1, -0.05) is 28.9 Å². The van der Waals surface area contributed by atoms with Gasteiger partial charge in [0.05, 0.1) is 10.6 Å². The molecule has 1 saturated carbocycles. The maximum Gasteiger partial charge on any atom is 0.269 e. The molecule has 2 atom stereocenters. The van der Waals surface area contributed by atoms with Gasteiger partial charge in [0.15, 0.2) is 0 Å². The summed E-state index contributed by atoms with van der Waals surface area (Å²) >= 11 is 5.88. The zero-order valence-electron chi connectivity index (χ0n) is 11.5. The monoisotopic (exact) mass is 316 g/mol. The van der Waals surface area contributed by atoms with Crippen molar-refractivity contribution in [1.82, 2.24) is 0 Å². The SMILES string of the molecule is O=[N+]([O-])c1ccc(/C(=N\O)C2CC2c2ccc(Cl)cc2)cc1. The summed E-state index contributed by atoms with van der Waals surface area (Å²) < 4.78 is 0. The van der Waals surface area contributed by atoms with Crippen molar-refractivity contribution in [2.75, 3.05) is 0 Å². The van der Waals surface area contributed by atoms with Crippen LogP contribution >= 0.6 is 11.6 Å². The first-order valence-corrected chi connectivity index (χ1v) is 7.20. The summed E-state index contributed by atoms with van der Waals surface area (Å²) in [5, 5.41) is 24.1. The molecule has 0 radical (unpaired) electrons. The quantitative estimate of drug-likeness (QED) is 0.397. The van der Waals surface area contributed by atoms with Crippen LogP contribution in [0.25, 0.3) is 0 Å².